The van der Waals surface area contributed by atoms with Crippen molar-refractivity contribution in [2.45, 2.75) is 19.9 Å². The van der Waals surface area contributed by atoms with Crippen LogP contribution in [0.15, 0.2) is 18.3 Å². The van der Waals surface area contributed by atoms with Crippen LogP contribution in [0.1, 0.15) is 19.5 Å². The molecule has 0 saturated heterocycles. The van der Waals surface area contributed by atoms with Crippen LogP contribution in [0.3, 0.4) is 0 Å². The van der Waals surface area contributed by atoms with Crippen LogP contribution in [0.25, 0.3) is 0 Å². The zero-order valence-electron chi connectivity index (χ0n) is 9.32. The van der Waals surface area contributed by atoms with E-state index in [1.54, 1.807) is 19.1 Å². The molecule has 2 N–H and O–H groups in total. The predicted octanol–water partition coefficient (Wildman–Crippen LogP) is 0.890. The number of rotatable bonds is 4. The fourth-order valence-electron chi connectivity index (χ4n) is 1.22. The van der Waals surface area contributed by atoms with E-state index in [0.29, 0.717) is 17.9 Å². The highest BCUT2D eigenvalue weighted by Gasteiger charge is 2.11. The molecule has 0 fully saturated rings. The molecule has 5 heteroatoms. The Morgan fingerprint density at radius 1 is 1.69 bits per heavy atom. The van der Waals surface area contributed by atoms with Crippen LogP contribution >= 0.6 is 0 Å². The van der Waals surface area contributed by atoms with Gasteiger partial charge in [-0.3, -0.25) is 4.79 Å². The molecule has 1 amide bonds. The summed E-state index contributed by atoms with van der Waals surface area (Å²) in [7, 11) is 0. The molecule has 0 saturated carbocycles. The Morgan fingerprint density at radius 2 is 2.44 bits per heavy atom. The van der Waals surface area contributed by atoms with Crippen LogP contribution in [-0.4, -0.2) is 23.5 Å². The van der Waals surface area contributed by atoms with Gasteiger partial charge in [0.15, 0.2) is 0 Å². The third-order valence-corrected chi connectivity index (χ3v) is 2.00. The van der Waals surface area contributed by atoms with Gasteiger partial charge in [-0.15, -0.1) is 0 Å². The van der Waals surface area contributed by atoms with E-state index in [0.717, 1.165) is 0 Å². The number of nitrogens with zero attached hydrogens (tertiary/aromatic N) is 2. The van der Waals surface area contributed by atoms with Gasteiger partial charge in [0.05, 0.1) is 0 Å². The van der Waals surface area contributed by atoms with Gasteiger partial charge in [0, 0.05) is 18.4 Å². The fourth-order valence-corrected chi connectivity index (χ4v) is 1.22. The summed E-state index contributed by atoms with van der Waals surface area (Å²) < 4.78 is 0. The first-order valence-electron chi connectivity index (χ1n) is 5.07. The van der Waals surface area contributed by atoms with Crippen molar-refractivity contribution in [3.8, 4) is 6.07 Å². The minimum Gasteiger partial charge on any atom is -0.374 e. The number of nitriles is 1. The number of carbonyl (C=O) groups is 1. The maximum atomic E-state index is 11.4. The number of hydrogen-bond acceptors (Lipinski definition) is 4. The van der Waals surface area contributed by atoms with Crippen molar-refractivity contribution >= 4 is 11.6 Å². The van der Waals surface area contributed by atoms with Gasteiger partial charge in [0.1, 0.15) is 17.8 Å². The number of amides is 1. The molecule has 0 spiro atoms. The van der Waals surface area contributed by atoms with E-state index in [9.17, 15) is 4.79 Å². The summed E-state index contributed by atoms with van der Waals surface area (Å²) in [4.78, 5) is 15.3. The zero-order valence-corrected chi connectivity index (χ0v) is 9.32. The Hall–Kier alpha value is -2.09. The number of nitrogens with one attached hydrogen (secondary N) is 2. The minimum atomic E-state index is -0.339. The van der Waals surface area contributed by atoms with Crippen LogP contribution in [0.2, 0.25) is 0 Å². The van der Waals surface area contributed by atoms with Crippen molar-refractivity contribution in [2.75, 3.05) is 11.9 Å². The molecule has 16 heavy (non-hydrogen) atoms. The van der Waals surface area contributed by atoms with Crippen molar-refractivity contribution < 1.29 is 4.79 Å². The van der Waals surface area contributed by atoms with E-state index < -0.39 is 0 Å². The summed E-state index contributed by atoms with van der Waals surface area (Å²) >= 11 is 0. The molecular weight excluding hydrogens is 204 g/mol. The largest absolute Gasteiger partial charge is 0.374 e. The highest BCUT2D eigenvalue weighted by atomic mass is 16.2. The van der Waals surface area contributed by atoms with Gasteiger partial charge in [-0.2, -0.15) is 5.26 Å². The topological polar surface area (TPSA) is 77.8 Å². The zero-order chi connectivity index (χ0) is 12.0. The predicted molar refractivity (Wildman–Crippen MR) is 60.7 cm³/mol. The SMILES string of the molecule is CCNC(=O)C(C)Nc1ccnc(C#N)c1. The van der Waals surface area contributed by atoms with Gasteiger partial charge in [-0.05, 0) is 26.0 Å². The van der Waals surface area contributed by atoms with Crippen LogP contribution in [0.5, 0.6) is 0 Å². The number of aromatic nitrogens is 1. The second-order valence-corrected chi connectivity index (χ2v) is 3.30. The van der Waals surface area contributed by atoms with Gasteiger partial charge < -0.3 is 10.6 Å². The highest BCUT2D eigenvalue weighted by Crippen LogP contribution is 2.08. The summed E-state index contributed by atoms with van der Waals surface area (Å²) in [5.41, 5.74) is 1.04. The molecular formula is C11H14N4O. The van der Waals surface area contributed by atoms with Gasteiger partial charge in [0.2, 0.25) is 5.91 Å². The lowest BCUT2D eigenvalue weighted by atomic mass is 10.2. The normalized spacial score (nSPS) is 11.3. The maximum absolute atomic E-state index is 11.4. The molecule has 0 aliphatic carbocycles. The van der Waals surface area contributed by atoms with Crippen LogP contribution in [0, 0.1) is 11.3 Å². The van der Waals surface area contributed by atoms with E-state index >= 15 is 0 Å². The van der Waals surface area contributed by atoms with E-state index in [-0.39, 0.29) is 11.9 Å². The first-order chi connectivity index (χ1) is 7.67. The third kappa shape index (κ3) is 3.24. The molecule has 1 aromatic rings. The minimum absolute atomic E-state index is 0.0715. The Balaban J connectivity index is 2.66. The van der Waals surface area contributed by atoms with Crippen molar-refractivity contribution in [1.29, 1.82) is 5.26 Å². The van der Waals surface area contributed by atoms with Crippen molar-refractivity contribution in [1.82, 2.24) is 10.3 Å². The molecule has 1 unspecified atom stereocenters. The molecule has 1 atom stereocenters. The number of carbonyl (C=O) groups excluding carboxylic acids is 1. The second-order valence-electron chi connectivity index (χ2n) is 3.30. The standard InChI is InChI=1S/C11H14N4O/c1-3-13-11(16)8(2)15-9-4-5-14-10(6-9)7-12/h4-6,8H,3H2,1-2H3,(H,13,16)(H,14,15). The molecule has 5 nitrogen and oxygen atoms in total. The molecule has 1 heterocycles. The van der Waals surface area contributed by atoms with Crippen LogP contribution < -0.4 is 10.6 Å². The van der Waals surface area contributed by atoms with Crippen molar-refractivity contribution in [2.24, 2.45) is 0 Å². The van der Waals surface area contributed by atoms with E-state index in [2.05, 4.69) is 15.6 Å². The summed E-state index contributed by atoms with van der Waals surface area (Å²) in [5, 5.41) is 14.4. The lowest BCUT2D eigenvalue weighted by Crippen LogP contribution is -2.37. The lowest BCUT2D eigenvalue weighted by Gasteiger charge is -2.14. The van der Waals surface area contributed by atoms with Crippen LogP contribution in [0.4, 0.5) is 5.69 Å². The third-order valence-electron chi connectivity index (χ3n) is 2.00. The lowest BCUT2D eigenvalue weighted by molar-refractivity contribution is -0.121. The average Bonchev–Trinajstić information content (AvgIpc) is 2.29. The molecule has 1 rings (SSSR count). The fraction of sp³-hybridized carbons (Fsp3) is 0.364. The summed E-state index contributed by atoms with van der Waals surface area (Å²) in [5.74, 6) is -0.0715. The number of likely N-dealkylation sites (N-methyl/N-ethyl adjacent to an activating group) is 1. The van der Waals surface area contributed by atoms with Gasteiger partial charge in [-0.25, -0.2) is 4.98 Å². The average molecular weight is 218 g/mol. The molecule has 0 aromatic carbocycles. The molecule has 84 valence electrons. The molecule has 0 radical (unpaired) electrons. The smallest absolute Gasteiger partial charge is 0.242 e. The molecule has 0 aliphatic rings. The van der Waals surface area contributed by atoms with E-state index in [1.807, 2.05) is 13.0 Å². The van der Waals surface area contributed by atoms with Gasteiger partial charge >= 0.3 is 0 Å². The van der Waals surface area contributed by atoms with Crippen molar-refractivity contribution in [3.63, 3.8) is 0 Å². The Kier molecular flexibility index (Phi) is 4.28. The molecule has 1 aromatic heterocycles. The number of anilines is 1. The van der Waals surface area contributed by atoms with Crippen LogP contribution in [-0.2, 0) is 4.79 Å². The monoisotopic (exact) mass is 218 g/mol. The van der Waals surface area contributed by atoms with E-state index in [1.165, 1.54) is 6.20 Å². The van der Waals surface area contributed by atoms with Gasteiger partial charge in [0.25, 0.3) is 0 Å². The summed E-state index contributed by atoms with van der Waals surface area (Å²) in [6, 6.07) is 4.93. The first-order valence-corrected chi connectivity index (χ1v) is 5.07. The summed E-state index contributed by atoms with van der Waals surface area (Å²) in [6.07, 6.45) is 1.53. The number of pyridine rings is 1. The first kappa shape index (κ1) is 12.0. The van der Waals surface area contributed by atoms with E-state index in [4.69, 9.17) is 5.26 Å². The Labute approximate surface area is 94.5 Å². The van der Waals surface area contributed by atoms with Gasteiger partial charge in [-0.1, -0.05) is 0 Å². The quantitative estimate of drug-likeness (QED) is 0.786. The Morgan fingerprint density at radius 3 is 3.06 bits per heavy atom. The second kappa shape index (κ2) is 5.71. The highest BCUT2D eigenvalue weighted by molar-refractivity contribution is 5.84. The Bertz CT molecular complexity index is 411. The molecule has 0 aliphatic heterocycles. The molecule has 0 bridgehead atoms. The van der Waals surface area contributed by atoms with Crippen molar-refractivity contribution in [3.05, 3.63) is 24.0 Å². The number of hydrogen-bond donors (Lipinski definition) is 2. The maximum Gasteiger partial charge on any atom is 0.242 e. The summed E-state index contributed by atoms with van der Waals surface area (Å²) in [6.45, 7) is 4.23.